The van der Waals surface area contributed by atoms with Gasteiger partial charge in [0.25, 0.3) is 0 Å². The lowest BCUT2D eigenvalue weighted by Gasteiger charge is -2.36. The summed E-state index contributed by atoms with van der Waals surface area (Å²) in [6.45, 7) is 3.68. The van der Waals surface area contributed by atoms with Crippen molar-refractivity contribution in [1.82, 2.24) is 4.90 Å². The van der Waals surface area contributed by atoms with Crippen LogP contribution >= 0.6 is 0 Å². The first-order valence-corrected chi connectivity index (χ1v) is 7.82. The molecule has 1 aliphatic carbocycles. The second-order valence-corrected chi connectivity index (χ2v) is 5.96. The molecule has 3 nitrogen and oxygen atoms in total. The predicted molar refractivity (Wildman–Crippen MR) is 82.0 cm³/mol. The van der Waals surface area contributed by atoms with E-state index in [1.807, 2.05) is 0 Å². The SMILES string of the molecule is CCCN(Cc1cc(C#N)ccc1F)C1CCC(N)CC1. The van der Waals surface area contributed by atoms with Gasteiger partial charge in [-0.25, -0.2) is 4.39 Å². The fraction of sp³-hybridized carbons (Fsp3) is 0.588. The summed E-state index contributed by atoms with van der Waals surface area (Å²) in [4.78, 5) is 2.35. The van der Waals surface area contributed by atoms with Gasteiger partial charge in [-0.1, -0.05) is 6.92 Å². The predicted octanol–water partition coefficient (Wildman–Crippen LogP) is 3.18. The molecule has 0 aliphatic heterocycles. The quantitative estimate of drug-likeness (QED) is 0.905. The third kappa shape index (κ3) is 4.26. The van der Waals surface area contributed by atoms with Gasteiger partial charge in [0.1, 0.15) is 5.82 Å². The monoisotopic (exact) mass is 289 g/mol. The van der Waals surface area contributed by atoms with Gasteiger partial charge in [-0.15, -0.1) is 0 Å². The number of nitrogens with two attached hydrogens (primary N) is 1. The van der Waals surface area contributed by atoms with Crippen molar-refractivity contribution in [3.63, 3.8) is 0 Å². The molecule has 0 bridgehead atoms. The highest BCUT2D eigenvalue weighted by Crippen LogP contribution is 2.24. The molecule has 0 saturated heterocycles. The summed E-state index contributed by atoms with van der Waals surface area (Å²) >= 11 is 0. The highest BCUT2D eigenvalue weighted by molar-refractivity contribution is 5.33. The first-order chi connectivity index (χ1) is 10.1. The van der Waals surface area contributed by atoms with Gasteiger partial charge in [-0.2, -0.15) is 5.26 Å². The minimum absolute atomic E-state index is 0.220. The van der Waals surface area contributed by atoms with Crippen LogP contribution in [0.3, 0.4) is 0 Å². The molecular weight excluding hydrogens is 265 g/mol. The number of benzene rings is 1. The molecule has 1 aromatic carbocycles. The molecule has 1 aromatic rings. The Balaban J connectivity index is 2.11. The Morgan fingerprint density at radius 2 is 2.05 bits per heavy atom. The third-order valence-corrected chi connectivity index (χ3v) is 4.32. The average Bonchev–Trinajstić information content (AvgIpc) is 2.49. The number of hydrogen-bond donors (Lipinski definition) is 1. The van der Waals surface area contributed by atoms with Gasteiger partial charge in [0, 0.05) is 24.2 Å². The highest BCUT2D eigenvalue weighted by Gasteiger charge is 2.24. The standard InChI is InChI=1S/C17H24FN3/c1-2-9-21(16-6-4-15(20)5-7-16)12-14-10-13(11-19)3-8-17(14)18/h3,8,10,15-16H,2,4-7,9,12,20H2,1H3. The van der Waals surface area contributed by atoms with E-state index in [9.17, 15) is 4.39 Å². The lowest BCUT2D eigenvalue weighted by atomic mass is 9.90. The van der Waals surface area contributed by atoms with Crippen LogP contribution in [0.1, 0.15) is 50.2 Å². The van der Waals surface area contributed by atoms with E-state index in [-0.39, 0.29) is 5.82 Å². The van der Waals surface area contributed by atoms with Gasteiger partial charge in [0.2, 0.25) is 0 Å². The number of hydrogen-bond acceptors (Lipinski definition) is 3. The molecule has 2 rings (SSSR count). The van der Waals surface area contributed by atoms with Gasteiger partial charge in [-0.3, -0.25) is 4.90 Å². The van der Waals surface area contributed by atoms with Crippen LogP contribution in [-0.2, 0) is 6.54 Å². The summed E-state index contributed by atoms with van der Waals surface area (Å²) in [6.07, 6.45) is 5.31. The highest BCUT2D eigenvalue weighted by atomic mass is 19.1. The van der Waals surface area contributed by atoms with Crippen LogP contribution in [0.25, 0.3) is 0 Å². The topological polar surface area (TPSA) is 53.0 Å². The summed E-state index contributed by atoms with van der Waals surface area (Å²) in [5.74, 6) is -0.220. The molecular formula is C17H24FN3. The van der Waals surface area contributed by atoms with Crippen LogP contribution in [0.5, 0.6) is 0 Å². The molecule has 1 aliphatic rings. The maximum absolute atomic E-state index is 14.0. The Labute approximate surface area is 126 Å². The Kier molecular flexibility index (Phi) is 5.72. The summed E-state index contributed by atoms with van der Waals surface area (Å²) in [5.41, 5.74) is 7.12. The van der Waals surface area contributed by atoms with Gasteiger partial charge in [-0.05, 0) is 56.8 Å². The van der Waals surface area contributed by atoms with E-state index in [0.717, 1.165) is 38.6 Å². The van der Waals surface area contributed by atoms with Crippen LogP contribution in [0.4, 0.5) is 4.39 Å². The Bertz CT molecular complexity index is 501. The Hall–Kier alpha value is -1.44. The number of halogens is 1. The molecule has 1 fully saturated rings. The van der Waals surface area contributed by atoms with Crippen LogP contribution < -0.4 is 5.73 Å². The number of nitrogens with zero attached hydrogens (tertiary/aromatic N) is 2. The lowest BCUT2D eigenvalue weighted by Crippen LogP contribution is -2.41. The van der Waals surface area contributed by atoms with E-state index >= 15 is 0 Å². The molecule has 0 spiro atoms. The van der Waals surface area contributed by atoms with Crippen molar-refractivity contribution in [2.75, 3.05) is 6.54 Å². The van der Waals surface area contributed by atoms with Crippen molar-refractivity contribution < 1.29 is 4.39 Å². The second-order valence-electron chi connectivity index (χ2n) is 5.96. The molecule has 2 N–H and O–H groups in total. The van der Waals surface area contributed by atoms with Crippen LogP contribution in [-0.4, -0.2) is 23.5 Å². The largest absolute Gasteiger partial charge is 0.328 e. The van der Waals surface area contributed by atoms with E-state index in [2.05, 4.69) is 17.9 Å². The molecule has 4 heteroatoms. The summed E-state index contributed by atoms with van der Waals surface area (Å²) in [6, 6.07) is 7.49. The van der Waals surface area contributed by atoms with Crippen molar-refractivity contribution in [1.29, 1.82) is 5.26 Å². The van der Waals surface area contributed by atoms with Gasteiger partial charge >= 0.3 is 0 Å². The maximum Gasteiger partial charge on any atom is 0.127 e. The Morgan fingerprint density at radius 1 is 1.33 bits per heavy atom. The first-order valence-electron chi connectivity index (χ1n) is 7.82. The minimum Gasteiger partial charge on any atom is -0.328 e. The van der Waals surface area contributed by atoms with Crippen molar-refractivity contribution >= 4 is 0 Å². The van der Waals surface area contributed by atoms with E-state index in [4.69, 9.17) is 11.0 Å². The number of nitriles is 1. The summed E-state index contributed by atoms with van der Waals surface area (Å²) < 4.78 is 14.0. The maximum atomic E-state index is 14.0. The van der Waals surface area contributed by atoms with E-state index in [0.29, 0.717) is 29.8 Å². The van der Waals surface area contributed by atoms with Gasteiger partial charge in [0.05, 0.1) is 11.6 Å². The van der Waals surface area contributed by atoms with Gasteiger partial charge in [0.15, 0.2) is 0 Å². The minimum atomic E-state index is -0.220. The van der Waals surface area contributed by atoms with Crippen molar-refractivity contribution in [2.24, 2.45) is 5.73 Å². The molecule has 0 heterocycles. The zero-order valence-electron chi connectivity index (χ0n) is 12.7. The summed E-state index contributed by atoms with van der Waals surface area (Å²) in [5, 5.41) is 8.97. The first kappa shape index (κ1) is 15.9. The Morgan fingerprint density at radius 3 is 2.67 bits per heavy atom. The molecule has 114 valence electrons. The van der Waals surface area contributed by atoms with Gasteiger partial charge < -0.3 is 5.73 Å². The molecule has 0 amide bonds. The summed E-state index contributed by atoms with van der Waals surface area (Å²) in [7, 11) is 0. The van der Waals surface area contributed by atoms with E-state index < -0.39 is 0 Å². The molecule has 0 radical (unpaired) electrons. The van der Waals surface area contributed by atoms with Crippen LogP contribution in [0, 0.1) is 17.1 Å². The number of rotatable bonds is 5. The van der Waals surface area contributed by atoms with Crippen molar-refractivity contribution in [3.8, 4) is 6.07 Å². The van der Waals surface area contributed by atoms with Crippen LogP contribution in [0.2, 0.25) is 0 Å². The molecule has 21 heavy (non-hydrogen) atoms. The fourth-order valence-corrected chi connectivity index (χ4v) is 3.13. The molecule has 1 saturated carbocycles. The molecule has 0 unspecified atom stereocenters. The zero-order valence-corrected chi connectivity index (χ0v) is 12.7. The second kappa shape index (κ2) is 7.53. The molecule has 0 atom stereocenters. The van der Waals surface area contributed by atoms with Crippen molar-refractivity contribution in [3.05, 3.63) is 35.1 Å². The van der Waals surface area contributed by atoms with Crippen LogP contribution in [0.15, 0.2) is 18.2 Å². The van der Waals surface area contributed by atoms with E-state index in [1.165, 1.54) is 12.1 Å². The molecule has 0 aromatic heterocycles. The normalized spacial score (nSPS) is 22.2. The smallest absolute Gasteiger partial charge is 0.127 e. The fourth-order valence-electron chi connectivity index (χ4n) is 3.13. The third-order valence-electron chi connectivity index (χ3n) is 4.32. The lowest BCUT2D eigenvalue weighted by molar-refractivity contribution is 0.140. The van der Waals surface area contributed by atoms with E-state index in [1.54, 1.807) is 6.07 Å². The average molecular weight is 289 g/mol. The zero-order chi connectivity index (χ0) is 15.2. The van der Waals surface area contributed by atoms with Crippen molar-refractivity contribution in [2.45, 2.75) is 57.7 Å².